The summed E-state index contributed by atoms with van der Waals surface area (Å²) >= 11 is 0. The molecule has 0 aromatic heterocycles. The van der Waals surface area contributed by atoms with Crippen LogP contribution in [0.1, 0.15) is 0 Å². The van der Waals surface area contributed by atoms with Crippen molar-refractivity contribution < 1.29 is 4.79 Å². The van der Waals surface area contributed by atoms with Crippen molar-refractivity contribution in [2.45, 2.75) is 0 Å². The summed E-state index contributed by atoms with van der Waals surface area (Å²) in [4.78, 5) is 10.9. The summed E-state index contributed by atoms with van der Waals surface area (Å²) in [6, 6.07) is -0.166. The molecule has 0 saturated heterocycles. The molecule has 0 saturated carbocycles. The van der Waals surface area contributed by atoms with E-state index in [9.17, 15) is 4.79 Å². The molecule has 0 bridgehead atoms. The second-order valence-electron chi connectivity index (χ2n) is 2.80. The normalized spacial score (nSPS) is 24.8. The number of carbonyl (C=O) groups excluding carboxylic acids is 1. The Hall–Kier alpha value is -1.77. The molecular formula is C11H14N2O. The second kappa shape index (κ2) is 5.80. The van der Waals surface area contributed by atoms with Crippen molar-refractivity contribution >= 4 is 6.03 Å². The molecule has 0 heterocycles. The third kappa shape index (κ3) is 3.76. The van der Waals surface area contributed by atoms with E-state index in [4.69, 9.17) is 0 Å². The van der Waals surface area contributed by atoms with Gasteiger partial charge < -0.3 is 10.6 Å². The largest absolute Gasteiger partial charge is 0.341 e. The van der Waals surface area contributed by atoms with Crippen molar-refractivity contribution in [3.8, 4) is 0 Å². The summed E-state index contributed by atoms with van der Waals surface area (Å²) < 4.78 is 0. The minimum absolute atomic E-state index is 0.166. The van der Waals surface area contributed by atoms with Crippen LogP contribution in [-0.4, -0.2) is 19.6 Å². The summed E-state index contributed by atoms with van der Waals surface area (Å²) in [5.41, 5.74) is 1.06. The Morgan fingerprint density at radius 3 is 2.71 bits per heavy atom. The zero-order valence-corrected chi connectivity index (χ0v) is 8.16. The van der Waals surface area contributed by atoms with Crippen molar-refractivity contribution in [1.29, 1.82) is 0 Å². The Labute approximate surface area is 83.9 Å². The van der Waals surface area contributed by atoms with Gasteiger partial charge in [0.25, 0.3) is 0 Å². The van der Waals surface area contributed by atoms with Crippen LogP contribution in [0.25, 0.3) is 0 Å². The quantitative estimate of drug-likeness (QED) is 0.681. The van der Waals surface area contributed by atoms with Gasteiger partial charge in [0.1, 0.15) is 0 Å². The number of hydrogen-bond acceptors (Lipinski definition) is 1. The summed E-state index contributed by atoms with van der Waals surface area (Å²) in [7, 11) is 1.60. The van der Waals surface area contributed by atoms with Crippen LogP contribution in [0.3, 0.4) is 0 Å². The van der Waals surface area contributed by atoms with Gasteiger partial charge in [0, 0.05) is 13.6 Å². The Balaban J connectivity index is 2.47. The minimum Gasteiger partial charge on any atom is -0.341 e. The highest BCUT2D eigenvalue weighted by molar-refractivity contribution is 5.73. The number of amides is 2. The number of rotatable bonds is 2. The lowest BCUT2D eigenvalue weighted by Gasteiger charge is -2.04. The summed E-state index contributed by atoms with van der Waals surface area (Å²) in [6.45, 7) is 0.536. The highest BCUT2D eigenvalue weighted by Crippen LogP contribution is 1.99. The van der Waals surface area contributed by atoms with Gasteiger partial charge in [-0.1, -0.05) is 42.5 Å². The first-order valence-electron chi connectivity index (χ1n) is 4.49. The molecule has 0 aromatic rings. The Kier molecular flexibility index (Phi) is 4.27. The summed E-state index contributed by atoms with van der Waals surface area (Å²) in [6.07, 6.45) is 13.7. The van der Waals surface area contributed by atoms with Gasteiger partial charge in [-0.3, -0.25) is 0 Å². The van der Waals surface area contributed by atoms with E-state index in [1.807, 2.05) is 42.5 Å². The SMILES string of the molecule is CNC(=O)NCC1=C/C=C\C=C/C=C\1. The Bertz CT molecular complexity index is 311. The molecule has 0 radical (unpaired) electrons. The van der Waals surface area contributed by atoms with Gasteiger partial charge >= 0.3 is 6.03 Å². The molecule has 0 fully saturated rings. The third-order valence-electron chi connectivity index (χ3n) is 1.75. The molecule has 14 heavy (non-hydrogen) atoms. The van der Waals surface area contributed by atoms with Crippen LogP contribution in [0.2, 0.25) is 0 Å². The molecule has 0 spiro atoms. The first kappa shape index (κ1) is 10.3. The first-order valence-corrected chi connectivity index (χ1v) is 4.49. The lowest BCUT2D eigenvalue weighted by atomic mass is 10.2. The standard InChI is InChI=1S/C11H14N2O/c1-12-11(14)13-9-10-7-5-3-2-4-6-8-10/h2-8H,9H2,1H3,(H2,12,13,14)/b3-2-,4-2?,5-3?,6-4-,7-5-,8-6?,10-7?,10-8+. The second-order valence-corrected chi connectivity index (χ2v) is 2.80. The predicted octanol–water partition coefficient (Wildman–Crippen LogP) is 1.52. The van der Waals surface area contributed by atoms with Gasteiger partial charge in [-0.25, -0.2) is 4.79 Å². The monoisotopic (exact) mass is 190 g/mol. The fourth-order valence-corrected chi connectivity index (χ4v) is 0.995. The highest BCUT2D eigenvalue weighted by Gasteiger charge is 1.96. The lowest BCUT2D eigenvalue weighted by Crippen LogP contribution is -2.33. The van der Waals surface area contributed by atoms with Gasteiger partial charge in [-0.05, 0) is 5.57 Å². The minimum atomic E-state index is -0.166. The smallest absolute Gasteiger partial charge is 0.314 e. The molecule has 1 aliphatic carbocycles. The third-order valence-corrected chi connectivity index (χ3v) is 1.75. The van der Waals surface area contributed by atoms with E-state index < -0.39 is 0 Å². The Morgan fingerprint density at radius 1 is 1.21 bits per heavy atom. The van der Waals surface area contributed by atoms with E-state index in [0.717, 1.165) is 5.57 Å². The van der Waals surface area contributed by atoms with Crippen LogP contribution in [0, 0.1) is 0 Å². The van der Waals surface area contributed by atoms with E-state index >= 15 is 0 Å². The number of urea groups is 1. The fraction of sp³-hybridized carbons (Fsp3) is 0.182. The maximum Gasteiger partial charge on any atom is 0.314 e. The Morgan fingerprint density at radius 2 is 1.93 bits per heavy atom. The molecule has 2 amide bonds. The van der Waals surface area contributed by atoms with E-state index in [-0.39, 0.29) is 6.03 Å². The topological polar surface area (TPSA) is 41.1 Å². The average Bonchev–Trinajstić information content (AvgIpc) is 2.15. The molecule has 0 atom stereocenters. The molecule has 3 heteroatoms. The first-order chi connectivity index (χ1) is 6.83. The molecule has 0 unspecified atom stereocenters. The van der Waals surface area contributed by atoms with Crippen LogP contribution in [0.4, 0.5) is 4.79 Å². The zero-order valence-electron chi connectivity index (χ0n) is 8.16. The van der Waals surface area contributed by atoms with Crippen LogP contribution in [0.15, 0.2) is 48.1 Å². The molecule has 1 aliphatic rings. The predicted molar refractivity (Wildman–Crippen MR) is 58.0 cm³/mol. The maximum atomic E-state index is 10.9. The highest BCUT2D eigenvalue weighted by atomic mass is 16.2. The molecule has 2 N–H and O–H groups in total. The zero-order chi connectivity index (χ0) is 10.2. The van der Waals surface area contributed by atoms with Gasteiger partial charge in [0.15, 0.2) is 0 Å². The van der Waals surface area contributed by atoms with Crippen LogP contribution >= 0.6 is 0 Å². The summed E-state index contributed by atoms with van der Waals surface area (Å²) in [5.74, 6) is 0. The van der Waals surface area contributed by atoms with Crippen molar-refractivity contribution in [3.05, 3.63) is 48.1 Å². The number of allylic oxidation sites excluding steroid dienone is 6. The van der Waals surface area contributed by atoms with Crippen LogP contribution in [-0.2, 0) is 0 Å². The van der Waals surface area contributed by atoms with Gasteiger partial charge in [-0.15, -0.1) is 0 Å². The van der Waals surface area contributed by atoms with E-state index in [1.54, 1.807) is 7.05 Å². The number of hydrogen-bond donors (Lipinski definition) is 2. The number of carbonyl (C=O) groups is 1. The maximum absolute atomic E-state index is 10.9. The van der Waals surface area contributed by atoms with Gasteiger partial charge in [0.05, 0.1) is 0 Å². The molecule has 0 aromatic carbocycles. The van der Waals surface area contributed by atoms with Crippen molar-refractivity contribution in [2.24, 2.45) is 0 Å². The van der Waals surface area contributed by atoms with E-state index in [1.165, 1.54) is 0 Å². The fourth-order valence-electron chi connectivity index (χ4n) is 0.995. The lowest BCUT2D eigenvalue weighted by molar-refractivity contribution is 0.244. The summed E-state index contributed by atoms with van der Waals surface area (Å²) in [5, 5.41) is 5.22. The molecular weight excluding hydrogens is 176 g/mol. The average molecular weight is 190 g/mol. The molecule has 3 nitrogen and oxygen atoms in total. The van der Waals surface area contributed by atoms with Crippen molar-refractivity contribution in [2.75, 3.05) is 13.6 Å². The van der Waals surface area contributed by atoms with Crippen molar-refractivity contribution in [3.63, 3.8) is 0 Å². The molecule has 1 rings (SSSR count). The van der Waals surface area contributed by atoms with Crippen molar-refractivity contribution in [1.82, 2.24) is 10.6 Å². The van der Waals surface area contributed by atoms with Crippen LogP contribution < -0.4 is 10.6 Å². The van der Waals surface area contributed by atoms with Gasteiger partial charge in [0.2, 0.25) is 0 Å². The van der Waals surface area contributed by atoms with E-state index in [2.05, 4.69) is 10.6 Å². The van der Waals surface area contributed by atoms with Crippen LogP contribution in [0.5, 0.6) is 0 Å². The van der Waals surface area contributed by atoms with E-state index in [0.29, 0.717) is 6.54 Å². The van der Waals surface area contributed by atoms with Gasteiger partial charge in [-0.2, -0.15) is 0 Å². The number of nitrogens with one attached hydrogen (secondary N) is 2. The molecule has 74 valence electrons. The molecule has 0 aliphatic heterocycles.